The molecule has 0 fully saturated rings. The number of fused-ring (bicyclic) bond motifs is 3. The first kappa shape index (κ1) is 23.2. The van der Waals surface area contributed by atoms with Crippen molar-refractivity contribution in [3.05, 3.63) is 95.3 Å². The lowest BCUT2D eigenvalue weighted by molar-refractivity contribution is -0.122. The number of hydrogen-bond acceptors (Lipinski definition) is 5. The van der Waals surface area contributed by atoms with Crippen LogP contribution in [0.1, 0.15) is 35.2 Å². The number of aryl methyl sites for hydroxylation is 3. The van der Waals surface area contributed by atoms with E-state index in [9.17, 15) is 4.79 Å². The topological polar surface area (TPSA) is 67.3 Å². The standard InChI is InChI=1S/C31H30N4O2/c1-20-26(14-16-29(33-20)37-2)24-13-15-27-28(18-24)35(19-25-8-5-17-32-30(25)34-27)31(36)23-11-9-21-6-3-4-7-22(21)10-12-23/h3-8,13-18,23H,9-12,19H2,1-2H3,(H,32,34). The van der Waals surface area contributed by atoms with Gasteiger partial charge in [0.1, 0.15) is 5.82 Å². The highest BCUT2D eigenvalue weighted by Crippen LogP contribution is 2.40. The molecular weight excluding hydrogens is 460 g/mol. The summed E-state index contributed by atoms with van der Waals surface area (Å²) in [5.74, 6) is 1.52. The Hall–Kier alpha value is -4.19. The van der Waals surface area contributed by atoms with Gasteiger partial charge in [-0.15, -0.1) is 0 Å². The van der Waals surface area contributed by atoms with Gasteiger partial charge in [-0.25, -0.2) is 9.97 Å². The summed E-state index contributed by atoms with van der Waals surface area (Å²) in [4.78, 5) is 25.3. The van der Waals surface area contributed by atoms with E-state index in [1.54, 1.807) is 13.3 Å². The average molecular weight is 491 g/mol. The number of benzene rings is 2. The summed E-state index contributed by atoms with van der Waals surface area (Å²) in [6, 6.07) is 22.7. The first-order valence-electron chi connectivity index (χ1n) is 12.9. The van der Waals surface area contributed by atoms with Crippen molar-refractivity contribution in [3.63, 3.8) is 0 Å². The maximum absolute atomic E-state index is 14.2. The fourth-order valence-electron chi connectivity index (χ4n) is 5.56. The number of aromatic nitrogens is 2. The fraction of sp³-hybridized carbons (Fsp3) is 0.258. The molecule has 6 heteroatoms. The Bertz CT molecular complexity index is 1460. The first-order chi connectivity index (χ1) is 18.1. The van der Waals surface area contributed by atoms with Gasteiger partial charge in [-0.1, -0.05) is 36.4 Å². The smallest absolute Gasteiger partial charge is 0.230 e. The average Bonchev–Trinajstić information content (AvgIpc) is 3.25. The number of nitrogens with one attached hydrogen (secondary N) is 1. The molecule has 3 heterocycles. The van der Waals surface area contributed by atoms with Gasteiger partial charge in [-0.2, -0.15) is 0 Å². The summed E-state index contributed by atoms with van der Waals surface area (Å²) in [7, 11) is 1.62. The Labute approximate surface area is 217 Å². The number of ether oxygens (including phenoxy) is 1. The molecule has 2 aromatic carbocycles. The van der Waals surface area contributed by atoms with Crippen LogP contribution in [0.2, 0.25) is 0 Å². The largest absolute Gasteiger partial charge is 0.481 e. The molecule has 4 aromatic rings. The minimum Gasteiger partial charge on any atom is -0.481 e. The van der Waals surface area contributed by atoms with Crippen LogP contribution in [0.15, 0.2) is 72.9 Å². The van der Waals surface area contributed by atoms with E-state index < -0.39 is 0 Å². The van der Waals surface area contributed by atoms with E-state index in [0.29, 0.717) is 12.4 Å². The molecule has 1 amide bonds. The van der Waals surface area contributed by atoms with Crippen molar-refractivity contribution in [2.24, 2.45) is 5.92 Å². The van der Waals surface area contributed by atoms with Crippen LogP contribution < -0.4 is 15.0 Å². The third-order valence-corrected chi connectivity index (χ3v) is 7.60. The summed E-state index contributed by atoms with van der Waals surface area (Å²) in [5.41, 5.74) is 8.41. The van der Waals surface area contributed by atoms with E-state index in [0.717, 1.165) is 65.3 Å². The molecule has 2 aromatic heterocycles. The number of carbonyl (C=O) groups is 1. The van der Waals surface area contributed by atoms with Gasteiger partial charge in [-0.05, 0) is 73.6 Å². The molecule has 0 radical (unpaired) electrons. The van der Waals surface area contributed by atoms with Gasteiger partial charge < -0.3 is 15.0 Å². The van der Waals surface area contributed by atoms with Crippen molar-refractivity contribution in [3.8, 4) is 17.0 Å². The molecule has 186 valence electrons. The maximum atomic E-state index is 14.2. The number of anilines is 3. The molecule has 6 rings (SSSR count). The zero-order valence-corrected chi connectivity index (χ0v) is 21.2. The lowest BCUT2D eigenvalue weighted by Crippen LogP contribution is -2.36. The second-order valence-electron chi connectivity index (χ2n) is 9.82. The second-order valence-corrected chi connectivity index (χ2v) is 9.82. The van der Waals surface area contributed by atoms with Gasteiger partial charge in [-0.3, -0.25) is 4.79 Å². The number of rotatable bonds is 3. The summed E-state index contributed by atoms with van der Waals surface area (Å²) < 4.78 is 5.30. The van der Waals surface area contributed by atoms with Gasteiger partial charge in [0.05, 0.1) is 25.0 Å². The Kier molecular flexibility index (Phi) is 6.08. The Balaban J connectivity index is 1.39. The number of pyridine rings is 2. The van der Waals surface area contributed by atoms with E-state index >= 15 is 0 Å². The normalized spacial score (nSPS) is 14.9. The zero-order chi connectivity index (χ0) is 25.4. The molecule has 37 heavy (non-hydrogen) atoms. The molecule has 2 aliphatic rings. The lowest BCUT2D eigenvalue weighted by Gasteiger charge is -2.27. The molecule has 1 N–H and O–H groups in total. The molecule has 0 spiro atoms. The number of amides is 1. The summed E-state index contributed by atoms with van der Waals surface area (Å²) in [5, 5.41) is 3.49. The summed E-state index contributed by atoms with van der Waals surface area (Å²) >= 11 is 0. The van der Waals surface area contributed by atoms with E-state index in [2.05, 4.69) is 51.7 Å². The number of methoxy groups -OCH3 is 1. The fourth-order valence-corrected chi connectivity index (χ4v) is 5.56. The lowest BCUT2D eigenvalue weighted by atomic mass is 9.96. The van der Waals surface area contributed by atoms with Crippen LogP contribution in [0.25, 0.3) is 11.1 Å². The quantitative estimate of drug-likeness (QED) is 0.344. The van der Waals surface area contributed by atoms with Gasteiger partial charge >= 0.3 is 0 Å². The number of carbonyl (C=O) groups excluding carboxylic acids is 1. The van der Waals surface area contributed by atoms with E-state index in [1.165, 1.54) is 11.1 Å². The van der Waals surface area contributed by atoms with Crippen molar-refractivity contribution in [1.82, 2.24) is 9.97 Å². The van der Waals surface area contributed by atoms with Crippen LogP contribution in [0.4, 0.5) is 17.2 Å². The summed E-state index contributed by atoms with van der Waals surface area (Å²) in [6.07, 6.45) is 5.36. The van der Waals surface area contributed by atoms with Gasteiger partial charge in [0.15, 0.2) is 0 Å². The van der Waals surface area contributed by atoms with Crippen molar-refractivity contribution in [2.75, 3.05) is 17.3 Å². The Morgan fingerprint density at radius 1 is 0.973 bits per heavy atom. The zero-order valence-electron chi connectivity index (χ0n) is 21.2. The number of nitrogens with zero attached hydrogens (tertiary/aromatic N) is 3. The van der Waals surface area contributed by atoms with Crippen LogP contribution in [-0.4, -0.2) is 23.0 Å². The first-order valence-corrected chi connectivity index (χ1v) is 12.9. The van der Waals surface area contributed by atoms with E-state index in [-0.39, 0.29) is 11.8 Å². The molecule has 1 aliphatic heterocycles. The molecule has 6 nitrogen and oxygen atoms in total. The van der Waals surface area contributed by atoms with Crippen LogP contribution in [0.5, 0.6) is 5.88 Å². The Morgan fingerprint density at radius 3 is 2.46 bits per heavy atom. The Morgan fingerprint density at radius 2 is 1.73 bits per heavy atom. The van der Waals surface area contributed by atoms with Crippen molar-refractivity contribution < 1.29 is 9.53 Å². The van der Waals surface area contributed by atoms with Crippen molar-refractivity contribution in [1.29, 1.82) is 0 Å². The molecule has 1 aliphatic carbocycles. The maximum Gasteiger partial charge on any atom is 0.230 e. The van der Waals surface area contributed by atoms with Crippen LogP contribution in [0, 0.1) is 12.8 Å². The van der Waals surface area contributed by atoms with Crippen LogP contribution in [0.3, 0.4) is 0 Å². The monoisotopic (exact) mass is 490 g/mol. The molecule has 0 bridgehead atoms. The van der Waals surface area contributed by atoms with Gasteiger partial charge in [0.2, 0.25) is 11.8 Å². The predicted octanol–water partition coefficient (Wildman–Crippen LogP) is 6.25. The minimum atomic E-state index is -0.0356. The highest BCUT2D eigenvalue weighted by Gasteiger charge is 2.31. The highest BCUT2D eigenvalue weighted by atomic mass is 16.5. The SMILES string of the molecule is COc1ccc(-c2ccc3c(c2)N(C(=O)C2CCc4ccccc4CC2)Cc2cccnc2N3)c(C)n1. The van der Waals surface area contributed by atoms with Crippen LogP contribution >= 0.6 is 0 Å². The molecular formula is C31H30N4O2. The number of hydrogen-bond donors (Lipinski definition) is 1. The minimum absolute atomic E-state index is 0.0356. The molecule has 0 unspecified atom stereocenters. The third-order valence-electron chi connectivity index (χ3n) is 7.60. The van der Waals surface area contributed by atoms with E-state index in [4.69, 9.17) is 4.74 Å². The van der Waals surface area contributed by atoms with E-state index in [1.807, 2.05) is 42.2 Å². The van der Waals surface area contributed by atoms with Crippen LogP contribution in [-0.2, 0) is 24.2 Å². The van der Waals surface area contributed by atoms with Crippen molar-refractivity contribution >= 4 is 23.1 Å². The molecule has 0 saturated heterocycles. The third kappa shape index (κ3) is 4.44. The van der Waals surface area contributed by atoms with Crippen molar-refractivity contribution in [2.45, 2.75) is 39.2 Å². The summed E-state index contributed by atoms with van der Waals surface area (Å²) in [6.45, 7) is 2.46. The second kappa shape index (κ2) is 9.69. The predicted molar refractivity (Wildman–Crippen MR) is 146 cm³/mol. The molecule has 0 saturated carbocycles. The van der Waals surface area contributed by atoms with Gasteiger partial charge in [0.25, 0.3) is 0 Å². The van der Waals surface area contributed by atoms with Gasteiger partial charge in [0, 0.05) is 35.0 Å². The molecule has 0 atom stereocenters. The highest BCUT2D eigenvalue weighted by molar-refractivity contribution is 6.00.